The summed E-state index contributed by atoms with van der Waals surface area (Å²) in [7, 11) is 1.98. The van der Waals surface area contributed by atoms with Crippen LogP contribution in [0.15, 0.2) is 24.3 Å². The molecule has 1 amide bonds. The number of carbonyl (C=O) groups is 1. The highest BCUT2D eigenvalue weighted by atomic mass is 16.2. The first-order valence-electron chi connectivity index (χ1n) is 7.33. The Morgan fingerprint density at radius 2 is 2.16 bits per heavy atom. The minimum absolute atomic E-state index is 0.0977. The summed E-state index contributed by atoms with van der Waals surface area (Å²) < 4.78 is 0. The molecule has 1 aliphatic carbocycles. The van der Waals surface area contributed by atoms with Crippen LogP contribution in [0.3, 0.4) is 0 Å². The first kappa shape index (κ1) is 12.7. The van der Waals surface area contributed by atoms with Crippen molar-refractivity contribution in [2.45, 2.75) is 37.6 Å². The molecule has 3 nitrogen and oxygen atoms in total. The van der Waals surface area contributed by atoms with E-state index in [-0.39, 0.29) is 5.92 Å². The van der Waals surface area contributed by atoms with Gasteiger partial charge in [-0.15, -0.1) is 0 Å². The zero-order chi connectivity index (χ0) is 13.2. The number of likely N-dealkylation sites (tertiary alicyclic amines) is 1. The Morgan fingerprint density at radius 1 is 1.32 bits per heavy atom. The van der Waals surface area contributed by atoms with E-state index in [9.17, 15) is 4.79 Å². The van der Waals surface area contributed by atoms with Crippen molar-refractivity contribution >= 4 is 5.91 Å². The fourth-order valence-electron chi connectivity index (χ4n) is 3.43. The maximum absolute atomic E-state index is 12.7. The molecule has 19 heavy (non-hydrogen) atoms. The maximum atomic E-state index is 12.7. The van der Waals surface area contributed by atoms with Gasteiger partial charge in [0, 0.05) is 19.1 Å². The van der Waals surface area contributed by atoms with Gasteiger partial charge >= 0.3 is 0 Å². The van der Waals surface area contributed by atoms with E-state index in [0.29, 0.717) is 11.9 Å². The number of rotatable bonds is 2. The molecule has 3 heteroatoms. The second-order valence-corrected chi connectivity index (χ2v) is 5.70. The van der Waals surface area contributed by atoms with Crippen molar-refractivity contribution in [3.8, 4) is 0 Å². The fraction of sp³-hybridized carbons (Fsp3) is 0.562. The van der Waals surface area contributed by atoms with Gasteiger partial charge in [0.05, 0.1) is 5.92 Å². The number of amides is 1. The summed E-state index contributed by atoms with van der Waals surface area (Å²) in [5.41, 5.74) is 2.64. The number of nitrogens with zero attached hydrogens (tertiary/aromatic N) is 1. The van der Waals surface area contributed by atoms with Crippen molar-refractivity contribution in [2.24, 2.45) is 0 Å². The summed E-state index contributed by atoms with van der Waals surface area (Å²) in [5, 5.41) is 3.28. The Bertz CT molecular complexity index is 472. The largest absolute Gasteiger partial charge is 0.341 e. The van der Waals surface area contributed by atoms with Crippen LogP contribution in [0.1, 0.15) is 36.3 Å². The molecule has 0 aromatic heterocycles. The maximum Gasteiger partial charge on any atom is 0.230 e. The van der Waals surface area contributed by atoms with Gasteiger partial charge in [0.25, 0.3) is 0 Å². The van der Waals surface area contributed by atoms with Crippen molar-refractivity contribution in [3.05, 3.63) is 35.4 Å². The van der Waals surface area contributed by atoms with Crippen molar-refractivity contribution in [2.75, 3.05) is 20.1 Å². The van der Waals surface area contributed by atoms with Crippen molar-refractivity contribution < 1.29 is 4.79 Å². The number of hydrogen-bond acceptors (Lipinski definition) is 2. The van der Waals surface area contributed by atoms with E-state index in [0.717, 1.165) is 38.8 Å². The highest BCUT2D eigenvalue weighted by Gasteiger charge is 2.33. The molecular formula is C16H22N2O. The normalized spacial score (nSPS) is 26.3. The van der Waals surface area contributed by atoms with Gasteiger partial charge in [0.2, 0.25) is 5.91 Å². The molecule has 1 aromatic rings. The van der Waals surface area contributed by atoms with E-state index in [2.05, 4.69) is 29.6 Å². The Labute approximate surface area is 115 Å². The molecule has 1 aromatic carbocycles. The molecule has 102 valence electrons. The van der Waals surface area contributed by atoms with E-state index in [1.54, 1.807) is 0 Å². The molecule has 2 atom stereocenters. The van der Waals surface area contributed by atoms with Gasteiger partial charge in [-0.2, -0.15) is 0 Å². The topological polar surface area (TPSA) is 32.3 Å². The third kappa shape index (κ3) is 2.39. The zero-order valence-electron chi connectivity index (χ0n) is 11.6. The Morgan fingerprint density at radius 3 is 2.95 bits per heavy atom. The standard InChI is InChI=1S/C16H22N2O/c1-17-13-9-10-18(11-13)16(19)15-8-4-6-12-5-2-3-7-14(12)15/h2-3,5,7,13,15,17H,4,6,8-11H2,1H3. The molecule has 2 aliphatic rings. The fourth-order valence-corrected chi connectivity index (χ4v) is 3.43. The monoisotopic (exact) mass is 258 g/mol. The van der Waals surface area contributed by atoms with Crippen molar-refractivity contribution in [3.63, 3.8) is 0 Å². The molecule has 2 unspecified atom stereocenters. The number of likely N-dealkylation sites (N-methyl/N-ethyl adjacent to an activating group) is 1. The lowest BCUT2D eigenvalue weighted by atomic mass is 9.82. The molecular weight excluding hydrogens is 236 g/mol. The molecule has 1 fully saturated rings. The van der Waals surface area contributed by atoms with Gasteiger partial charge < -0.3 is 10.2 Å². The first-order chi connectivity index (χ1) is 9.29. The van der Waals surface area contributed by atoms with Gasteiger partial charge in [-0.3, -0.25) is 4.79 Å². The lowest BCUT2D eigenvalue weighted by Gasteiger charge is -2.28. The van der Waals surface area contributed by atoms with Crippen LogP contribution in [0.25, 0.3) is 0 Å². The van der Waals surface area contributed by atoms with E-state index >= 15 is 0 Å². The van der Waals surface area contributed by atoms with E-state index in [4.69, 9.17) is 0 Å². The lowest BCUT2D eigenvalue weighted by Crippen LogP contribution is -2.37. The molecule has 0 bridgehead atoms. The van der Waals surface area contributed by atoms with Crippen LogP contribution >= 0.6 is 0 Å². The summed E-state index contributed by atoms with van der Waals surface area (Å²) in [6.07, 6.45) is 4.35. The number of nitrogens with one attached hydrogen (secondary N) is 1. The van der Waals surface area contributed by atoms with Crippen LogP contribution in [-0.2, 0) is 11.2 Å². The highest BCUT2D eigenvalue weighted by Crippen LogP contribution is 2.33. The Kier molecular flexibility index (Phi) is 3.56. The van der Waals surface area contributed by atoms with E-state index < -0.39 is 0 Å². The van der Waals surface area contributed by atoms with E-state index in [1.165, 1.54) is 11.1 Å². The lowest BCUT2D eigenvalue weighted by molar-refractivity contribution is -0.132. The number of aryl methyl sites for hydroxylation is 1. The summed E-state index contributed by atoms with van der Waals surface area (Å²) in [6.45, 7) is 1.77. The molecule has 3 rings (SSSR count). The summed E-state index contributed by atoms with van der Waals surface area (Å²) in [5.74, 6) is 0.436. The molecule has 0 saturated carbocycles. The summed E-state index contributed by atoms with van der Waals surface area (Å²) in [4.78, 5) is 14.8. The number of carbonyl (C=O) groups excluding carboxylic acids is 1. The quantitative estimate of drug-likeness (QED) is 0.879. The van der Waals surface area contributed by atoms with Crippen LogP contribution in [0, 0.1) is 0 Å². The first-order valence-corrected chi connectivity index (χ1v) is 7.33. The molecule has 1 N–H and O–H groups in total. The van der Waals surface area contributed by atoms with Crippen LogP contribution in [-0.4, -0.2) is 37.0 Å². The predicted molar refractivity (Wildman–Crippen MR) is 76.2 cm³/mol. The minimum Gasteiger partial charge on any atom is -0.341 e. The third-order valence-electron chi connectivity index (χ3n) is 4.58. The molecule has 0 radical (unpaired) electrons. The summed E-state index contributed by atoms with van der Waals surface area (Å²) >= 11 is 0. The SMILES string of the molecule is CNC1CCN(C(=O)C2CCCc3ccccc32)C1. The Balaban J connectivity index is 1.78. The average Bonchev–Trinajstić information content (AvgIpc) is 2.95. The Hall–Kier alpha value is -1.35. The molecule has 1 saturated heterocycles. The van der Waals surface area contributed by atoms with Crippen LogP contribution in [0.2, 0.25) is 0 Å². The highest BCUT2D eigenvalue weighted by molar-refractivity contribution is 5.84. The van der Waals surface area contributed by atoms with Crippen LogP contribution in [0.4, 0.5) is 0 Å². The van der Waals surface area contributed by atoms with Gasteiger partial charge in [0.15, 0.2) is 0 Å². The molecule has 0 spiro atoms. The predicted octanol–water partition coefficient (Wildman–Crippen LogP) is 1.93. The zero-order valence-corrected chi connectivity index (χ0v) is 11.6. The van der Waals surface area contributed by atoms with Gasteiger partial charge in [-0.1, -0.05) is 24.3 Å². The van der Waals surface area contributed by atoms with Crippen LogP contribution < -0.4 is 5.32 Å². The number of benzene rings is 1. The number of hydrogen-bond donors (Lipinski definition) is 1. The smallest absolute Gasteiger partial charge is 0.230 e. The molecule has 1 aliphatic heterocycles. The van der Waals surface area contributed by atoms with Crippen molar-refractivity contribution in [1.29, 1.82) is 0 Å². The van der Waals surface area contributed by atoms with Gasteiger partial charge in [-0.05, 0) is 43.9 Å². The average molecular weight is 258 g/mol. The summed E-state index contributed by atoms with van der Waals surface area (Å²) in [6, 6.07) is 8.93. The van der Waals surface area contributed by atoms with E-state index in [1.807, 2.05) is 11.9 Å². The second-order valence-electron chi connectivity index (χ2n) is 5.70. The third-order valence-corrected chi connectivity index (χ3v) is 4.58. The second kappa shape index (κ2) is 5.33. The van der Waals surface area contributed by atoms with Gasteiger partial charge in [-0.25, -0.2) is 0 Å². The van der Waals surface area contributed by atoms with Crippen molar-refractivity contribution in [1.82, 2.24) is 10.2 Å². The van der Waals surface area contributed by atoms with Crippen LogP contribution in [0.5, 0.6) is 0 Å². The van der Waals surface area contributed by atoms with Gasteiger partial charge in [0.1, 0.15) is 0 Å². The number of fused-ring (bicyclic) bond motifs is 1. The molecule has 1 heterocycles. The minimum atomic E-state index is 0.0977.